The molecule has 0 amide bonds. The van der Waals surface area contributed by atoms with Crippen LogP contribution < -0.4 is 5.73 Å². The minimum absolute atomic E-state index is 0.483. The zero-order valence-electron chi connectivity index (χ0n) is 7.29. The van der Waals surface area contributed by atoms with Crippen molar-refractivity contribution in [3.05, 3.63) is 36.8 Å². The van der Waals surface area contributed by atoms with Crippen LogP contribution in [-0.4, -0.2) is 15.0 Å². The van der Waals surface area contributed by atoms with E-state index in [1.807, 2.05) is 12.1 Å². The minimum Gasteiger partial charge on any atom is -0.384 e. The summed E-state index contributed by atoms with van der Waals surface area (Å²) in [7, 11) is 0. The average molecular weight is 204 g/mol. The zero-order valence-corrected chi connectivity index (χ0v) is 8.11. The predicted octanol–water partition coefficient (Wildman–Crippen LogP) is 1.60. The van der Waals surface area contributed by atoms with Crippen molar-refractivity contribution in [1.29, 1.82) is 0 Å². The molecular weight excluding hydrogens is 196 g/mol. The highest BCUT2D eigenvalue weighted by Gasteiger charge is 1.99. The fourth-order valence-electron chi connectivity index (χ4n) is 0.915. The zero-order chi connectivity index (χ0) is 9.80. The second-order valence-corrected chi connectivity index (χ2v) is 3.59. The molecule has 0 aromatic carbocycles. The fourth-order valence-corrected chi connectivity index (χ4v) is 1.65. The van der Waals surface area contributed by atoms with E-state index in [1.165, 1.54) is 11.8 Å². The molecule has 0 spiro atoms. The first-order valence-corrected chi connectivity index (χ1v) is 4.82. The van der Waals surface area contributed by atoms with Crippen molar-refractivity contribution in [3.63, 3.8) is 0 Å². The summed E-state index contributed by atoms with van der Waals surface area (Å²) >= 11 is 1.46. The number of hydrogen-bond donors (Lipinski definition) is 1. The van der Waals surface area contributed by atoms with Gasteiger partial charge in [0.05, 0.1) is 0 Å². The third kappa shape index (κ3) is 2.20. The average Bonchev–Trinajstić information content (AvgIpc) is 2.19. The highest BCUT2D eigenvalue weighted by Crippen LogP contribution is 2.23. The smallest absolute Gasteiger partial charge is 0.194 e. The number of aromatic nitrogens is 3. The molecule has 0 saturated heterocycles. The van der Waals surface area contributed by atoms with Crippen LogP contribution in [0.5, 0.6) is 0 Å². The maximum Gasteiger partial charge on any atom is 0.194 e. The summed E-state index contributed by atoms with van der Waals surface area (Å²) in [6, 6.07) is 5.46. The van der Waals surface area contributed by atoms with Crippen LogP contribution in [0.15, 0.2) is 46.8 Å². The molecule has 0 aliphatic heterocycles. The first-order valence-electron chi connectivity index (χ1n) is 4.01. The third-order valence-electron chi connectivity index (χ3n) is 1.51. The summed E-state index contributed by atoms with van der Waals surface area (Å²) < 4.78 is 0. The van der Waals surface area contributed by atoms with Gasteiger partial charge in [-0.1, -0.05) is 0 Å². The number of pyridine rings is 1. The summed E-state index contributed by atoms with van der Waals surface area (Å²) in [5.74, 6) is 0.483. The third-order valence-corrected chi connectivity index (χ3v) is 2.40. The summed E-state index contributed by atoms with van der Waals surface area (Å²) in [4.78, 5) is 13.1. The van der Waals surface area contributed by atoms with Crippen molar-refractivity contribution in [2.24, 2.45) is 0 Å². The first kappa shape index (κ1) is 8.96. The van der Waals surface area contributed by atoms with E-state index in [1.54, 1.807) is 24.7 Å². The monoisotopic (exact) mass is 204 g/mol. The molecule has 2 aromatic rings. The summed E-state index contributed by atoms with van der Waals surface area (Å²) in [5.41, 5.74) is 5.54. The summed E-state index contributed by atoms with van der Waals surface area (Å²) in [6.07, 6.45) is 5.11. The molecule has 0 bridgehead atoms. The molecular formula is C9H8N4S. The maximum absolute atomic E-state index is 5.54. The van der Waals surface area contributed by atoms with E-state index in [0.717, 1.165) is 4.90 Å². The lowest BCUT2D eigenvalue weighted by Gasteiger charge is -1.99. The van der Waals surface area contributed by atoms with E-state index in [4.69, 9.17) is 5.73 Å². The fraction of sp³-hybridized carbons (Fsp3) is 0. The Morgan fingerprint density at radius 3 is 2.57 bits per heavy atom. The van der Waals surface area contributed by atoms with E-state index in [0.29, 0.717) is 11.0 Å². The van der Waals surface area contributed by atoms with Crippen molar-refractivity contribution >= 4 is 17.6 Å². The van der Waals surface area contributed by atoms with Gasteiger partial charge in [0.2, 0.25) is 0 Å². The van der Waals surface area contributed by atoms with Gasteiger partial charge in [-0.05, 0) is 30.0 Å². The first-order chi connectivity index (χ1) is 6.84. The minimum atomic E-state index is 0.483. The van der Waals surface area contributed by atoms with Crippen LogP contribution in [0, 0.1) is 0 Å². The molecule has 0 radical (unpaired) electrons. The van der Waals surface area contributed by atoms with E-state index < -0.39 is 0 Å². The Bertz CT molecular complexity index is 418. The van der Waals surface area contributed by atoms with Crippen molar-refractivity contribution in [1.82, 2.24) is 15.0 Å². The Labute approximate surface area is 85.6 Å². The molecule has 2 aromatic heterocycles. The molecule has 14 heavy (non-hydrogen) atoms. The van der Waals surface area contributed by atoms with Crippen LogP contribution in [0.3, 0.4) is 0 Å². The van der Waals surface area contributed by atoms with Crippen molar-refractivity contribution in [2.45, 2.75) is 10.1 Å². The summed E-state index contributed by atoms with van der Waals surface area (Å²) in [5, 5.41) is 0.649. The van der Waals surface area contributed by atoms with E-state index in [9.17, 15) is 0 Å². The van der Waals surface area contributed by atoms with Crippen LogP contribution in [0.25, 0.3) is 0 Å². The van der Waals surface area contributed by atoms with Gasteiger partial charge in [0.15, 0.2) is 5.16 Å². The van der Waals surface area contributed by atoms with Gasteiger partial charge in [-0.25, -0.2) is 9.97 Å². The Kier molecular flexibility index (Phi) is 2.60. The van der Waals surface area contributed by atoms with Gasteiger partial charge >= 0.3 is 0 Å². The second-order valence-electron chi connectivity index (χ2n) is 2.55. The number of nitrogen functional groups attached to an aromatic ring is 1. The largest absolute Gasteiger partial charge is 0.384 e. The Morgan fingerprint density at radius 2 is 1.86 bits per heavy atom. The van der Waals surface area contributed by atoms with Gasteiger partial charge in [-0.15, -0.1) is 0 Å². The van der Waals surface area contributed by atoms with Crippen molar-refractivity contribution in [3.8, 4) is 0 Å². The van der Waals surface area contributed by atoms with Gasteiger partial charge in [0.25, 0.3) is 0 Å². The predicted molar refractivity (Wildman–Crippen MR) is 54.8 cm³/mol. The van der Waals surface area contributed by atoms with Gasteiger partial charge in [-0.2, -0.15) is 0 Å². The topological polar surface area (TPSA) is 64.7 Å². The number of anilines is 1. The van der Waals surface area contributed by atoms with Crippen molar-refractivity contribution in [2.75, 3.05) is 5.73 Å². The highest BCUT2D eigenvalue weighted by atomic mass is 32.2. The lowest BCUT2D eigenvalue weighted by Crippen LogP contribution is -1.92. The van der Waals surface area contributed by atoms with E-state index in [-0.39, 0.29) is 0 Å². The number of hydrogen-bond acceptors (Lipinski definition) is 5. The molecule has 0 atom stereocenters. The number of nitrogens with zero attached hydrogens (tertiary/aromatic N) is 3. The molecule has 0 fully saturated rings. The van der Waals surface area contributed by atoms with E-state index in [2.05, 4.69) is 15.0 Å². The standard InChI is InChI=1S/C9H8N4S/c10-8-3-6-12-9(13-8)14-7-1-4-11-5-2-7/h1-6H,(H2,10,12,13). The lowest BCUT2D eigenvalue weighted by atomic mass is 10.5. The normalized spacial score (nSPS) is 10.0. The Balaban J connectivity index is 2.19. The summed E-state index contributed by atoms with van der Waals surface area (Å²) in [6.45, 7) is 0. The Morgan fingerprint density at radius 1 is 1.07 bits per heavy atom. The highest BCUT2D eigenvalue weighted by molar-refractivity contribution is 7.99. The molecule has 0 aliphatic rings. The van der Waals surface area contributed by atoms with Crippen LogP contribution in [0.4, 0.5) is 5.82 Å². The lowest BCUT2D eigenvalue weighted by molar-refractivity contribution is 0.975. The molecule has 70 valence electrons. The van der Waals surface area contributed by atoms with E-state index >= 15 is 0 Å². The molecule has 5 heteroatoms. The molecule has 0 unspecified atom stereocenters. The maximum atomic E-state index is 5.54. The molecule has 0 saturated carbocycles. The molecule has 0 aliphatic carbocycles. The number of rotatable bonds is 2. The van der Waals surface area contributed by atoms with Crippen molar-refractivity contribution < 1.29 is 0 Å². The molecule has 2 heterocycles. The SMILES string of the molecule is Nc1ccnc(Sc2ccncc2)n1. The van der Waals surface area contributed by atoms with Crippen LogP contribution in [0.1, 0.15) is 0 Å². The van der Waals surface area contributed by atoms with Crippen LogP contribution >= 0.6 is 11.8 Å². The number of nitrogens with two attached hydrogens (primary N) is 1. The molecule has 2 N–H and O–H groups in total. The second kappa shape index (κ2) is 4.06. The Hall–Kier alpha value is -1.62. The molecule has 4 nitrogen and oxygen atoms in total. The quantitative estimate of drug-likeness (QED) is 0.753. The van der Waals surface area contributed by atoms with Gasteiger partial charge in [-0.3, -0.25) is 4.98 Å². The van der Waals surface area contributed by atoms with Gasteiger partial charge < -0.3 is 5.73 Å². The van der Waals surface area contributed by atoms with Gasteiger partial charge in [0.1, 0.15) is 5.82 Å². The van der Waals surface area contributed by atoms with Crippen LogP contribution in [0.2, 0.25) is 0 Å². The molecule has 2 rings (SSSR count). The van der Waals surface area contributed by atoms with Gasteiger partial charge in [0, 0.05) is 23.5 Å². The van der Waals surface area contributed by atoms with Crippen LogP contribution in [-0.2, 0) is 0 Å².